The second-order valence-corrected chi connectivity index (χ2v) is 4.28. The van der Waals surface area contributed by atoms with Crippen molar-refractivity contribution < 1.29 is 4.79 Å². The summed E-state index contributed by atoms with van der Waals surface area (Å²) in [6.45, 7) is 2.35. The zero-order valence-electron chi connectivity index (χ0n) is 10.6. The van der Waals surface area contributed by atoms with Crippen molar-refractivity contribution in [2.24, 2.45) is 0 Å². The van der Waals surface area contributed by atoms with Crippen LogP contribution in [0.15, 0.2) is 48.8 Å². The number of hydrogen-bond donors (Lipinski definition) is 0. The molecule has 0 N–H and O–H groups in total. The maximum Gasteiger partial charge on any atom is 0.161 e. The first-order valence-electron chi connectivity index (χ1n) is 5.88. The lowest BCUT2D eigenvalue weighted by Crippen LogP contribution is -2.18. The summed E-state index contributed by atoms with van der Waals surface area (Å²) in [6, 6.07) is 11.6. The van der Waals surface area contributed by atoms with Gasteiger partial charge >= 0.3 is 0 Å². The van der Waals surface area contributed by atoms with E-state index in [1.807, 2.05) is 43.4 Å². The average molecular weight is 240 g/mol. The summed E-state index contributed by atoms with van der Waals surface area (Å²) in [5.74, 6) is 0.0900. The van der Waals surface area contributed by atoms with Crippen molar-refractivity contribution in [1.29, 1.82) is 0 Å². The first kappa shape index (κ1) is 12.3. The minimum absolute atomic E-state index is 0.0900. The lowest BCUT2D eigenvalue weighted by Gasteiger charge is -2.21. The fourth-order valence-electron chi connectivity index (χ4n) is 1.95. The van der Waals surface area contributed by atoms with Crippen molar-refractivity contribution >= 4 is 11.5 Å². The molecule has 0 saturated heterocycles. The van der Waals surface area contributed by atoms with Gasteiger partial charge in [-0.15, -0.1) is 0 Å². The number of pyridine rings is 1. The summed E-state index contributed by atoms with van der Waals surface area (Å²) in [7, 11) is 1.99. The van der Waals surface area contributed by atoms with Crippen LogP contribution in [-0.4, -0.2) is 17.8 Å². The molecule has 1 heterocycles. The molecule has 0 bridgehead atoms. The van der Waals surface area contributed by atoms with Crippen LogP contribution in [0.5, 0.6) is 0 Å². The normalized spacial score (nSPS) is 10.1. The van der Waals surface area contributed by atoms with Gasteiger partial charge in [-0.2, -0.15) is 0 Å². The highest BCUT2D eigenvalue weighted by atomic mass is 16.1. The molecule has 18 heavy (non-hydrogen) atoms. The second kappa shape index (κ2) is 5.45. The van der Waals surface area contributed by atoms with E-state index in [9.17, 15) is 4.79 Å². The lowest BCUT2D eigenvalue weighted by molar-refractivity contribution is 0.101. The fraction of sp³-hybridized carbons (Fsp3) is 0.200. The number of benzene rings is 1. The molecule has 0 aliphatic heterocycles. The van der Waals surface area contributed by atoms with Gasteiger partial charge in [0.25, 0.3) is 0 Å². The molecule has 2 aromatic rings. The van der Waals surface area contributed by atoms with Crippen LogP contribution in [0.25, 0.3) is 0 Å². The Morgan fingerprint density at radius 3 is 2.50 bits per heavy atom. The third-order valence-corrected chi connectivity index (χ3v) is 2.86. The zero-order chi connectivity index (χ0) is 13.0. The molecule has 2 rings (SSSR count). The van der Waals surface area contributed by atoms with E-state index in [0.717, 1.165) is 17.8 Å². The third kappa shape index (κ3) is 2.74. The van der Waals surface area contributed by atoms with Crippen LogP contribution in [0.3, 0.4) is 0 Å². The molecule has 1 aromatic heterocycles. The quantitative estimate of drug-likeness (QED) is 0.770. The van der Waals surface area contributed by atoms with Crippen LogP contribution in [0, 0.1) is 0 Å². The van der Waals surface area contributed by atoms with E-state index >= 15 is 0 Å². The number of anilines is 1. The summed E-state index contributed by atoms with van der Waals surface area (Å²) < 4.78 is 0. The number of ketones is 1. The molecule has 0 saturated carbocycles. The third-order valence-electron chi connectivity index (χ3n) is 2.86. The minimum Gasteiger partial charge on any atom is -0.370 e. The Morgan fingerprint density at radius 1 is 1.17 bits per heavy atom. The smallest absolute Gasteiger partial charge is 0.161 e. The van der Waals surface area contributed by atoms with Gasteiger partial charge in [0.2, 0.25) is 0 Å². The van der Waals surface area contributed by atoms with Crippen LogP contribution < -0.4 is 4.90 Å². The molecule has 0 atom stereocenters. The molecule has 3 nitrogen and oxygen atoms in total. The highest BCUT2D eigenvalue weighted by Gasteiger charge is 2.10. The number of Topliss-reactive ketones (excluding diaryl/α,β-unsaturated/α-hetero) is 1. The standard InChI is InChI=1S/C15H16N2O/c1-12(18)14-5-3-4-6-15(14)17(2)11-13-7-9-16-10-8-13/h3-10H,11H2,1-2H3. The SMILES string of the molecule is CC(=O)c1ccccc1N(C)Cc1ccncc1. The van der Waals surface area contributed by atoms with Crippen LogP contribution in [0.1, 0.15) is 22.8 Å². The fourth-order valence-corrected chi connectivity index (χ4v) is 1.95. The summed E-state index contributed by atoms with van der Waals surface area (Å²) in [4.78, 5) is 17.7. The molecule has 0 fully saturated rings. The summed E-state index contributed by atoms with van der Waals surface area (Å²) in [6.07, 6.45) is 3.56. The lowest BCUT2D eigenvalue weighted by atomic mass is 10.1. The largest absolute Gasteiger partial charge is 0.370 e. The Balaban J connectivity index is 2.24. The summed E-state index contributed by atoms with van der Waals surface area (Å²) >= 11 is 0. The minimum atomic E-state index is 0.0900. The molecule has 0 amide bonds. The molecule has 0 aliphatic carbocycles. The predicted molar refractivity (Wildman–Crippen MR) is 72.8 cm³/mol. The van der Waals surface area contributed by atoms with Gasteiger partial charge < -0.3 is 4.90 Å². The number of rotatable bonds is 4. The average Bonchev–Trinajstić information content (AvgIpc) is 2.40. The topological polar surface area (TPSA) is 33.2 Å². The van der Waals surface area contributed by atoms with Gasteiger partial charge in [0.1, 0.15) is 0 Å². The predicted octanol–water partition coefficient (Wildman–Crippen LogP) is 2.92. The van der Waals surface area contributed by atoms with E-state index in [4.69, 9.17) is 0 Å². The van der Waals surface area contributed by atoms with Gasteiger partial charge in [-0.25, -0.2) is 0 Å². The second-order valence-electron chi connectivity index (χ2n) is 4.28. The Bertz CT molecular complexity index is 537. The highest BCUT2D eigenvalue weighted by molar-refractivity contribution is 5.99. The maximum absolute atomic E-state index is 11.6. The summed E-state index contributed by atoms with van der Waals surface area (Å²) in [5.41, 5.74) is 2.89. The zero-order valence-corrected chi connectivity index (χ0v) is 10.6. The van der Waals surface area contributed by atoms with E-state index in [2.05, 4.69) is 9.88 Å². The van der Waals surface area contributed by atoms with Gasteiger partial charge in [-0.05, 0) is 36.8 Å². The summed E-state index contributed by atoms with van der Waals surface area (Å²) in [5, 5.41) is 0. The molecule has 0 spiro atoms. The van der Waals surface area contributed by atoms with E-state index in [1.54, 1.807) is 19.3 Å². The van der Waals surface area contributed by atoms with Crippen molar-refractivity contribution in [1.82, 2.24) is 4.98 Å². The van der Waals surface area contributed by atoms with E-state index in [0.29, 0.717) is 0 Å². The number of aromatic nitrogens is 1. The van der Waals surface area contributed by atoms with Crippen LogP contribution >= 0.6 is 0 Å². The van der Waals surface area contributed by atoms with E-state index in [-0.39, 0.29) is 5.78 Å². The van der Waals surface area contributed by atoms with Crippen molar-refractivity contribution in [2.75, 3.05) is 11.9 Å². The van der Waals surface area contributed by atoms with Crippen molar-refractivity contribution in [2.45, 2.75) is 13.5 Å². The first-order valence-corrected chi connectivity index (χ1v) is 5.88. The van der Waals surface area contributed by atoms with Crippen molar-refractivity contribution in [3.8, 4) is 0 Å². The van der Waals surface area contributed by atoms with Gasteiger partial charge in [0.05, 0.1) is 0 Å². The van der Waals surface area contributed by atoms with Crippen LogP contribution in [0.2, 0.25) is 0 Å². The molecule has 0 aliphatic rings. The maximum atomic E-state index is 11.6. The Kier molecular flexibility index (Phi) is 3.72. The van der Waals surface area contributed by atoms with Crippen LogP contribution in [0.4, 0.5) is 5.69 Å². The number of nitrogens with zero attached hydrogens (tertiary/aromatic N) is 2. The Hall–Kier alpha value is -2.16. The van der Waals surface area contributed by atoms with Gasteiger partial charge in [0.15, 0.2) is 5.78 Å². The number of para-hydroxylation sites is 1. The van der Waals surface area contributed by atoms with Gasteiger partial charge in [-0.3, -0.25) is 9.78 Å². The molecule has 92 valence electrons. The van der Waals surface area contributed by atoms with E-state index < -0.39 is 0 Å². The first-order chi connectivity index (χ1) is 8.68. The van der Waals surface area contributed by atoms with Crippen molar-refractivity contribution in [3.63, 3.8) is 0 Å². The van der Waals surface area contributed by atoms with Crippen LogP contribution in [-0.2, 0) is 6.54 Å². The van der Waals surface area contributed by atoms with Gasteiger partial charge in [-0.1, -0.05) is 12.1 Å². The Morgan fingerprint density at radius 2 is 1.83 bits per heavy atom. The molecular weight excluding hydrogens is 224 g/mol. The molecule has 3 heteroatoms. The number of carbonyl (C=O) groups is 1. The monoisotopic (exact) mass is 240 g/mol. The number of carbonyl (C=O) groups excluding carboxylic acids is 1. The molecule has 0 radical (unpaired) electrons. The molecule has 1 aromatic carbocycles. The highest BCUT2D eigenvalue weighted by Crippen LogP contribution is 2.21. The molecular formula is C15H16N2O. The van der Waals surface area contributed by atoms with Crippen molar-refractivity contribution in [3.05, 3.63) is 59.9 Å². The Labute approximate surface area is 107 Å². The van der Waals surface area contributed by atoms with E-state index in [1.165, 1.54) is 5.56 Å². The van der Waals surface area contributed by atoms with Gasteiger partial charge in [0, 0.05) is 37.2 Å². The molecule has 0 unspecified atom stereocenters. The number of hydrogen-bond acceptors (Lipinski definition) is 3.